The number of carbonyl (C=O) groups is 2. The Bertz CT molecular complexity index is 1460. The fourth-order valence-electron chi connectivity index (χ4n) is 4.29. The zero-order valence-electron chi connectivity index (χ0n) is 19.3. The van der Waals surface area contributed by atoms with Gasteiger partial charge in [-0.3, -0.25) is 14.4 Å². The number of carbonyl (C=O) groups excluding carboxylic acids is 2. The van der Waals surface area contributed by atoms with Gasteiger partial charge in [0.25, 0.3) is 17.4 Å². The summed E-state index contributed by atoms with van der Waals surface area (Å²) in [6.45, 7) is 1.54. The number of piperazine rings is 1. The minimum atomic E-state index is -0.281. The molecule has 0 N–H and O–H groups in total. The molecule has 1 fully saturated rings. The Morgan fingerprint density at radius 1 is 0.771 bits per heavy atom. The zero-order chi connectivity index (χ0) is 24.4. The summed E-state index contributed by atoms with van der Waals surface area (Å²) in [6, 6.07) is 23.1. The molecule has 0 unspecified atom stereocenters. The van der Waals surface area contributed by atoms with Gasteiger partial charge in [-0.25, -0.2) is 0 Å². The second-order valence-electron chi connectivity index (χ2n) is 8.26. The molecule has 8 nitrogen and oxygen atoms in total. The van der Waals surface area contributed by atoms with Crippen LogP contribution in [0.4, 0.5) is 0 Å². The molecule has 0 saturated carbocycles. The highest BCUT2D eigenvalue weighted by Crippen LogP contribution is 2.19. The molecule has 0 radical (unpaired) electrons. The first-order chi connectivity index (χ1) is 17.1. The van der Waals surface area contributed by atoms with Crippen molar-refractivity contribution in [2.24, 2.45) is 0 Å². The van der Waals surface area contributed by atoms with Crippen LogP contribution in [-0.4, -0.2) is 64.7 Å². The van der Waals surface area contributed by atoms with Crippen LogP contribution >= 0.6 is 0 Å². The van der Waals surface area contributed by atoms with Crippen LogP contribution in [0.25, 0.3) is 16.5 Å². The van der Waals surface area contributed by atoms with Crippen LogP contribution in [-0.2, 0) is 0 Å². The molecule has 0 bridgehead atoms. The first-order valence-electron chi connectivity index (χ1n) is 11.4. The number of rotatable bonds is 4. The van der Waals surface area contributed by atoms with Crippen molar-refractivity contribution < 1.29 is 14.3 Å². The SMILES string of the molecule is COc1cccc(C(=O)N2CCN(C(=O)c3nn(-c4ccccc4)c(=O)c4ccccc34)CC2)c1. The Hall–Kier alpha value is -4.46. The van der Waals surface area contributed by atoms with Crippen molar-refractivity contribution in [3.63, 3.8) is 0 Å². The van der Waals surface area contributed by atoms with E-state index in [0.717, 1.165) is 0 Å². The highest BCUT2D eigenvalue weighted by molar-refractivity contribution is 6.05. The van der Waals surface area contributed by atoms with Crippen molar-refractivity contribution in [3.05, 3.63) is 100 Å². The Morgan fingerprint density at radius 3 is 2.09 bits per heavy atom. The molecule has 0 aliphatic carbocycles. The summed E-state index contributed by atoms with van der Waals surface area (Å²) in [5.74, 6) is 0.257. The highest BCUT2D eigenvalue weighted by atomic mass is 16.5. The lowest BCUT2D eigenvalue weighted by Crippen LogP contribution is -2.51. The molecular formula is C27H24N4O4. The first-order valence-corrected chi connectivity index (χ1v) is 11.4. The number of benzene rings is 3. The molecule has 3 aromatic carbocycles. The third kappa shape index (κ3) is 4.26. The van der Waals surface area contributed by atoms with Gasteiger partial charge in [-0.1, -0.05) is 42.5 Å². The molecule has 35 heavy (non-hydrogen) atoms. The number of methoxy groups -OCH3 is 1. The van der Waals surface area contributed by atoms with Crippen LogP contribution < -0.4 is 10.3 Å². The second kappa shape index (κ2) is 9.42. The number of amides is 2. The van der Waals surface area contributed by atoms with Crippen molar-refractivity contribution in [3.8, 4) is 11.4 Å². The van der Waals surface area contributed by atoms with Crippen LogP contribution in [0.5, 0.6) is 5.75 Å². The summed E-state index contributed by atoms with van der Waals surface area (Å²) in [5, 5.41) is 5.44. The van der Waals surface area contributed by atoms with E-state index in [4.69, 9.17) is 4.74 Å². The second-order valence-corrected chi connectivity index (χ2v) is 8.26. The predicted octanol–water partition coefficient (Wildman–Crippen LogP) is 2.99. The lowest BCUT2D eigenvalue weighted by molar-refractivity contribution is 0.0532. The maximum absolute atomic E-state index is 13.6. The van der Waals surface area contributed by atoms with E-state index in [0.29, 0.717) is 54.0 Å². The van der Waals surface area contributed by atoms with Crippen LogP contribution in [0.15, 0.2) is 83.7 Å². The van der Waals surface area contributed by atoms with E-state index in [1.165, 1.54) is 4.68 Å². The van der Waals surface area contributed by atoms with Gasteiger partial charge in [0.15, 0.2) is 5.69 Å². The summed E-state index contributed by atoms with van der Waals surface area (Å²) < 4.78 is 6.50. The maximum atomic E-state index is 13.6. The number of hydrogen-bond acceptors (Lipinski definition) is 5. The average Bonchev–Trinajstić information content (AvgIpc) is 2.93. The summed E-state index contributed by atoms with van der Waals surface area (Å²) in [6.07, 6.45) is 0. The molecule has 176 valence electrons. The van der Waals surface area contributed by atoms with Gasteiger partial charge in [0.1, 0.15) is 5.75 Å². The van der Waals surface area contributed by atoms with E-state index >= 15 is 0 Å². The van der Waals surface area contributed by atoms with Crippen LogP contribution in [0.2, 0.25) is 0 Å². The van der Waals surface area contributed by atoms with Crippen molar-refractivity contribution in [1.29, 1.82) is 0 Å². The van der Waals surface area contributed by atoms with Gasteiger partial charge in [0.05, 0.1) is 18.2 Å². The minimum Gasteiger partial charge on any atom is -0.497 e. The van der Waals surface area contributed by atoms with Crippen LogP contribution in [0.1, 0.15) is 20.8 Å². The zero-order valence-corrected chi connectivity index (χ0v) is 19.3. The predicted molar refractivity (Wildman–Crippen MR) is 132 cm³/mol. The molecular weight excluding hydrogens is 444 g/mol. The van der Waals surface area contributed by atoms with Gasteiger partial charge >= 0.3 is 0 Å². The summed E-state index contributed by atoms with van der Waals surface area (Å²) >= 11 is 0. The molecule has 2 amide bonds. The quantitative estimate of drug-likeness (QED) is 0.460. The molecule has 4 aromatic rings. The molecule has 1 aromatic heterocycles. The lowest BCUT2D eigenvalue weighted by atomic mass is 10.1. The number of nitrogens with zero attached hydrogens (tertiary/aromatic N) is 4. The third-order valence-electron chi connectivity index (χ3n) is 6.18. The molecule has 1 saturated heterocycles. The van der Waals surface area contributed by atoms with Gasteiger partial charge < -0.3 is 14.5 Å². The standard InChI is InChI=1S/C27H24N4O4/c1-35-21-11-7-8-19(18-21)25(32)29-14-16-30(17-15-29)27(34)24-22-12-5-6-13-23(22)26(33)31(28-24)20-9-3-2-4-10-20/h2-13,18H,14-17H2,1H3. The van der Waals surface area contributed by atoms with Crippen molar-refractivity contribution in [2.75, 3.05) is 33.3 Å². The minimum absolute atomic E-state index is 0.0998. The van der Waals surface area contributed by atoms with E-state index in [1.54, 1.807) is 77.6 Å². The summed E-state index contributed by atoms with van der Waals surface area (Å²) in [5.41, 5.74) is 1.08. The van der Waals surface area contributed by atoms with E-state index in [1.807, 2.05) is 18.2 Å². The first kappa shape index (κ1) is 22.3. The number of aromatic nitrogens is 2. The monoisotopic (exact) mass is 468 g/mol. The fraction of sp³-hybridized carbons (Fsp3) is 0.185. The topological polar surface area (TPSA) is 84.7 Å². The Kier molecular flexibility index (Phi) is 6.01. The molecule has 0 spiro atoms. The van der Waals surface area contributed by atoms with Crippen molar-refractivity contribution >= 4 is 22.6 Å². The fourth-order valence-corrected chi connectivity index (χ4v) is 4.29. The Balaban J connectivity index is 1.41. The number of para-hydroxylation sites is 1. The molecule has 0 atom stereocenters. The summed E-state index contributed by atoms with van der Waals surface area (Å²) in [4.78, 5) is 43.0. The normalized spacial score (nSPS) is 13.6. The van der Waals surface area contributed by atoms with Crippen LogP contribution in [0.3, 0.4) is 0 Å². The highest BCUT2D eigenvalue weighted by Gasteiger charge is 2.28. The number of ether oxygens (including phenoxy) is 1. The van der Waals surface area contributed by atoms with Crippen molar-refractivity contribution in [1.82, 2.24) is 19.6 Å². The Morgan fingerprint density at radius 2 is 1.40 bits per heavy atom. The van der Waals surface area contributed by atoms with Gasteiger partial charge in [-0.05, 0) is 36.4 Å². The molecule has 5 rings (SSSR count). The average molecular weight is 469 g/mol. The van der Waals surface area contributed by atoms with E-state index < -0.39 is 0 Å². The van der Waals surface area contributed by atoms with E-state index in [9.17, 15) is 14.4 Å². The largest absolute Gasteiger partial charge is 0.497 e. The number of hydrogen-bond donors (Lipinski definition) is 0. The van der Waals surface area contributed by atoms with Crippen LogP contribution in [0, 0.1) is 0 Å². The van der Waals surface area contributed by atoms with Gasteiger partial charge in [-0.2, -0.15) is 9.78 Å². The van der Waals surface area contributed by atoms with E-state index in [-0.39, 0.29) is 23.1 Å². The van der Waals surface area contributed by atoms with Gasteiger partial charge in [-0.15, -0.1) is 0 Å². The molecule has 1 aliphatic heterocycles. The maximum Gasteiger partial charge on any atom is 0.279 e. The molecule has 1 aliphatic rings. The van der Waals surface area contributed by atoms with Crippen molar-refractivity contribution in [2.45, 2.75) is 0 Å². The van der Waals surface area contributed by atoms with Gasteiger partial charge in [0.2, 0.25) is 0 Å². The smallest absolute Gasteiger partial charge is 0.279 e. The molecule has 8 heteroatoms. The summed E-state index contributed by atoms with van der Waals surface area (Å²) in [7, 11) is 1.56. The third-order valence-corrected chi connectivity index (χ3v) is 6.18. The van der Waals surface area contributed by atoms with Gasteiger partial charge in [0, 0.05) is 37.1 Å². The Labute approximate surface area is 202 Å². The van der Waals surface area contributed by atoms with E-state index in [2.05, 4.69) is 5.10 Å². The molecule has 2 heterocycles. The lowest BCUT2D eigenvalue weighted by Gasteiger charge is -2.34. The number of fused-ring (bicyclic) bond motifs is 1.